The van der Waals surface area contributed by atoms with Crippen molar-refractivity contribution >= 4 is 21.9 Å². The van der Waals surface area contributed by atoms with E-state index >= 15 is 0 Å². The van der Waals surface area contributed by atoms with Gasteiger partial charge in [-0.3, -0.25) is 9.21 Å². The Hall–Kier alpha value is -2.46. The van der Waals surface area contributed by atoms with Crippen LogP contribution in [0.4, 0.5) is 5.69 Å². The number of esters is 1. The van der Waals surface area contributed by atoms with Gasteiger partial charge in [-0.05, 0) is 29.8 Å². The van der Waals surface area contributed by atoms with Gasteiger partial charge in [0, 0.05) is 26.2 Å². The summed E-state index contributed by atoms with van der Waals surface area (Å²) in [6, 6.07) is 16.3. The molecule has 0 aliphatic carbocycles. The van der Waals surface area contributed by atoms with Crippen LogP contribution in [0.5, 0.6) is 0 Å². The third kappa shape index (κ3) is 4.74. The molecule has 0 spiro atoms. The second-order valence-electron chi connectivity index (χ2n) is 7.66. The second kappa shape index (κ2) is 9.35. The molecule has 166 valence electrons. The first kappa shape index (κ1) is 21.8. The zero-order valence-corrected chi connectivity index (χ0v) is 18.3. The molecule has 2 fully saturated rings. The molecular weight excluding hydrogens is 418 g/mol. The van der Waals surface area contributed by atoms with E-state index in [0.29, 0.717) is 43.5 Å². The van der Waals surface area contributed by atoms with E-state index in [1.165, 1.54) is 11.4 Å². The summed E-state index contributed by atoms with van der Waals surface area (Å²) in [5, 5.41) is 0. The molecule has 0 saturated carbocycles. The minimum Gasteiger partial charge on any atom is -0.465 e. The molecule has 31 heavy (non-hydrogen) atoms. The lowest BCUT2D eigenvalue weighted by atomic mass is 10.1. The Labute approximate surface area is 183 Å². The van der Waals surface area contributed by atoms with Crippen molar-refractivity contribution in [1.29, 1.82) is 0 Å². The monoisotopic (exact) mass is 445 g/mol. The minimum absolute atomic E-state index is 0.171. The fraction of sp³-hybridized carbons (Fsp3) is 0.409. The standard InChI is InChI=1S/C22H27N3O5S/c1-29-22(26)19-9-7-18(8-10-19)15-25(20-5-3-2-4-6-20)31(27,28)24-13-11-23(12-14-24)21-16-30-17-21/h2-10,21H,11-17H2,1H3. The molecule has 0 atom stereocenters. The predicted molar refractivity (Wildman–Crippen MR) is 117 cm³/mol. The van der Waals surface area contributed by atoms with Crippen LogP contribution in [0.3, 0.4) is 0 Å². The third-order valence-corrected chi connectivity index (χ3v) is 7.67. The second-order valence-corrected chi connectivity index (χ2v) is 9.52. The minimum atomic E-state index is -3.73. The molecule has 0 unspecified atom stereocenters. The van der Waals surface area contributed by atoms with Crippen LogP contribution in [0.15, 0.2) is 54.6 Å². The fourth-order valence-electron chi connectivity index (χ4n) is 3.80. The Bertz CT molecular complexity index is 986. The lowest BCUT2D eigenvalue weighted by molar-refractivity contribution is -0.0721. The summed E-state index contributed by atoms with van der Waals surface area (Å²) in [4.78, 5) is 14.0. The highest BCUT2D eigenvalue weighted by Gasteiger charge is 2.36. The van der Waals surface area contributed by atoms with Gasteiger partial charge in [0.15, 0.2) is 0 Å². The van der Waals surface area contributed by atoms with Gasteiger partial charge < -0.3 is 9.47 Å². The first-order chi connectivity index (χ1) is 15.0. The number of carbonyl (C=O) groups excluding carboxylic acids is 1. The van der Waals surface area contributed by atoms with Crippen LogP contribution >= 0.6 is 0 Å². The number of para-hydroxylation sites is 1. The number of hydrogen-bond acceptors (Lipinski definition) is 6. The van der Waals surface area contributed by atoms with E-state index in [9.17, 15) is 13.2 Å². The van der Waals surface area contributed by atoms with E-state index in [0.717, 1.165) is 18.8 Å². The Morgan fingerprint density at radius 2 is 1.68 bits per heavy atom. The van der Waals surface area contributed by atoms with Crippen molar-refractivity contribution in [3.63, 3.8) is 0 Å². The molecule has 2 aromatic carbocycles. The molecule has 0 radical (unpaired) electrons. The average molecular weight is 446 g/mol. The number of nitrogens with zero attached hydrogens (tertiary/aromatic N) is 3. The van der Waals surface area contributed by atoms with Crippen molar-refractivity contribution < 1.29 is 22.7 Å². The van der Waals surface area contributed by atoms with Gasteiger partial charge in [0.1, 0.15) is 0 Å². The largest absolute Gasteiger partial charge is 0.465 e. The predicted octanol–water partition coefficient (Wildman–Crippen LogP) is 1.74. The molecule has 2 heterocycles. The van der Waals surface area contributed by atoms with Crippen molar-refractivity contribution in [3.8, 4) is 0 Å². The van der Waals surface area contributed by atoms with Crippen molar-refractivity contribution in [2.24, 2.45) is 0 Å². The summed E-state index contributed by atoms with van der Waals surface area (Å²) in [6.45, 7) is 3.92. The lowest BCUT2D eigenvalue weighted by Gasteiger charge is -2.43. The SMILES string of the molecule is COC(=O)c1ccc(CN(c2ccccc2)S(=O)(=O)N2CCN(C3COC3)CC2)cc1. The highest BCUT2D eigenvalue weighted by molar-refractivity contribution is 7.90. The molecule has 0 bridgehead atoms. The molecule has 0 N–H and O–H groups in total. The van der Waals surface area contributed by atoms with Gasteiger partial charge in [-0.25, -0.2) is 4.79 Å². The van der Waals surface area contributed by atoms with Gasteiger partial charge in [0.25, 0.3) is 0 Å². The van der Waals surface area contributed by atoms with Crippen molar-refractivity contribution in [2.45, 2.75) is 12.6 Å². The zero-order chi connectivity index (χ0) is 21.8. The lowest BCUT2D eigenvalue weighted by Crippen LogP contribution is -2.59. The van der Waals surface area contributed by atoms with Crippen LogP contribution in [-0.4, -0.2) is 76.1 Å². The van der Waals surface area contributed by atoms with Crippen LogP contribution in [-0.2, 0) is 26.2 Å². The van der Waals surface area contributed by atoms with Crippen LogP contribution in [0, 0.1) is 0 Å². The molecule has 2 aromatic rings. The Balaban J connectivity index is 1.54. The van der Waals surface area contributed by atoms with Gasteiger partial charge in [-0.2, -0.15) is 12.7 Å². The fourth-order valence-corrected chi connectivity index (χ4v) is 5.41. The van der Waals surface area contributed by atoms with Crippen LogP contribution in [0.25, 0.3) is 0 Å². The first-order valence-electron chi connectivity index (χ1n) is 10.3. The van der Waals surface area contributed by atoms with E-state index in [4.69, 9.17) is 9.47 Å². The number of methoxy groups -OCH3 is 1. The van der Waals surface area contributed by atoms with E-state index in [2.05, 4.69) is 4.90 Å². The quantitative estimate of drug-likeness (QED) is 0.604. The van der Waals surface area contributed by atoms with E-state index < -0.39 is 16.2 Å². The number of rotatable bonds is 7. The number of piperazine rings is 1. The van der Waals surface area contributed by atoms with Crippen LogP contribution < -0.4 is 4.31 Å². The van der Waals surface area contributed by atoms with Crippen molar-refractivity contribution in [1.82, 2.24) is 9.21 Å². The van der Waals surface area contributed by atoms with Gasteiger partial charge in [0.2, 0.25) is 0 Å². The van der Waals surface area contributed by atoms with Crippen LogP contribution in [0.1, 0.15) is 15.9 Å². The Morgan fingerprint density at radius 3 is 2.23 bits per heavy atom. The first-order valence-corrected chi connectivity index (χ1v) is 11.7. The molecule has 2 aliphatic heterocycles. The molecular formula is C22H27N3O5S. The number of hydrogen-bond donors (Lipinski definition) is 0. The van der Waals surface area contributed by atoms with Gasteiger partial charge in [-0.1, -0.05) is 30.3 Å². The summed E-state index contributed by atoms with van der Waals surface area (Å²) in [6.07, 6.45) is 0. The highest BCUT2D eigenvalue weighted by atomic mass is 32.2. The van der Waals surface area contributed by atoms with Gasteiger partial charge >= 0.3 is 16.2 Å². The molecule has 0 aromatic heterocycles. The molecule has 0 amide bonds. The normalized spacial score (nSPS) is 18.4. The number of benzene rings is 2. The maximum absolute atomic E-state index is 13.6. The maximum Gasteiger partial charge on any atom is 0.337 e. The molecule has 8 nitrogen and oxygen atoms in total. The van der Waals surface area contributed by atoms with Crippen molar-refractivity contribution in [2.75, 3.05) is 50.8 Å². The number of carbonyl (C=O) groups is 1. The molecule has 9 heteroatoms. The Morgan fingerprint density at radius 1 is 1.03 bits per heavy atom. The third-order valence-electron chi connectivity index (χ3n) is 5.76. The summed E-state index contributed by atoms with van der Waals surface area (Å²) < 4.78 is 40.2. The molecule has 2 aliphatic rings. The summed E-state index contributed by atoms with van der Waals surface area (Å²) >= 11 is 0. The zero-order valence-electron chi connectivity index (χ0n) is 17.5. The molecule has 2 saturated heterocycles. The summed E-state index contributed by atoms with van der Waals surface area (Å²) in [5.41, 5.74) is 1.82. The smallest absolute Gasteiger partial charge is 0.337 e. The van der Waals surface area contributed by atoms with Crippen molar-refractivity contribution in [3.05, 3.63) is 65.7 Å². The molecule has 4 rings (SSSR count). The number of ether oxygens (including phenoxy) is 2. The van der Waals surface area contributed by atoms with Crippen LogP contribution in [0.2, 0.25) is 0 Å². The summed E-state index contributed by atoms with van der Waals surface area (Å²) in [5.74, 6) is -0.422. The van der Waals surface area contributed by atoms with E-state index in [1.54, 1.807) is 40.7 Å². The highest BCUT2D eigenvalue weighted by Crippen LogP contribution is 2.25. The maximum atomic E-state index is 13.6. The number of anilines is 1. The van der Waals surface area contributed by atoms with E-state index in [1.807, 2.05) is 18.2 Å². The van der Waals surface area contributed by atoms with E-state index in [-0.39, 0.29) is 6.54 Å². The Kier molecular flexibility index (Phi) is 6.57. The topological polar surface area (TPSA) is 79.4 Å². The summed E-state index contributed by atoms with van der Waals surface area (Å²) in [7, 11) is -2.40. The average Bonchev–Trinajstić information content (AvgIpc) is 2.77. The van der Waals surface area contributed by atoms with Gasteiger partial charge in [0.05, 0.1) is 44.2 Å². The van der Waals surface area contributed by atoms with Gasteiger partial charge in [-0.15, -0.1) is 0 Å².